The van der Waals surface area contributed by atoms with Gasteiger partial charge in [0.25, 0.3) is 5.91 Å². The highest BCUT2D eigenvalue weighted by atomic mass is 127. The lowest BCUT2D eigenvalue weighted by Gasteiger charge is -2.09. The van der Waals surface area contributed by atoms with Gasteiger partial charge in [-0.1, -0.05) is 6.07 Å². The van der Waals surface area contributed by atoms with E-state index in [1.807, 2.05) is 25.1 Å². The Labute approximate surface area is 180 Å². The maximum absolute atomic E-state index is 13.4. The Morgan fingerprint density at radius 3 is 2.66 bits per heavy atom. The Morgan fingerprint density at radius 2 is 2.03 bits per heavy atom. The fraction of sp³-hybridized carbons (Fsp3) is 0.250. The molecule has 2 aromatic heterocycles. The third kappa shape index (κ3) is 4.89. The number of alkyl halides is 3. The Bertz CT molecular complexity index is 1050. The van der Waals surface area contributed by atoms with Gasteiger partial charge in [0.1, 0.15) is 12.3 Å². The second-order valence-electron chi connectivity index (χ2n) is 6.44. The molecule has 0 atom stereocenters. The molecule has 0 bridgehead atoms. The van der Waals surface area contributed by atoms with Crippen molar-refractivity contribution in [1.29, 1.82) is 0 Å². The van der Waals surface area contributed by atoms with Crippen LogP contribution in [0.1, 0.15) is 27.2 Å². The lowest BCUT2D eigenvalue weighted by Crippen LogP contribution is -2.18. The quantitative estimate of drug-likeness (QED) is 0.397. The molecule has 2 heterocycles. The van der Waals surface area contributed by atoms with Crippen LogP contribution < -0.4 is 10.1 Å². The highest BCUT2D eigenvalue weighted by Gasteiger charge is 2.31. The summed E-state index contributed by atoms with van der Waals surface area (Å²) in [4.78, 5) is 16.2. The lowest BCUT2D eigenvalue weighted by atomic mass is 10.0. The number of hydrogen-bond donors (Lipinski definition) is 1. The number of halogens is 3. The van der Waals surface area contributed by atoms with Crippen molar-refractivity contribution >= 4 is 28.5 Å². The van der Waals surface area contributed by atoms with Crippen LogP contribution in [0.5, 0.6) is 5.88 Å². The second kappa shape index (κ2) is 8.44. The minimum absolute atomic E-state index is 0.142. The normalized spacial score (nSPS) is 11.4. The average molecular weight is 512 g/mol. The van der Waals surface area contributed by atoms with Crippen LogP contribution >= 0.6 is 22.6 Å². The van der Waals surface area contributed by atoms with Crippen LogP contribution in [0.4, 0.5) is 8.78 Å². The summed E-state index contributed by atoms with van der Waals surface area (Å²) in [5, 5.41) is 6.40. The Kier molecular flexibility index (Phi) is 6.15. The smallest absolute Gasteiger partial charge is 0.339 e. The van der Waals surface area contributed by atoms with Crippen molar-refractivity contribution in [2.24, 2.45) is 7.05 Å². The van der Waals surface area contributed by atoms with Crippen LogP contribution in [0.2, 0.25) is 0 Å². The SMILES string of the molecule is CNC(=O)c1ccc(-c2cc(COc3cc(C(F)(F)I)nn3C)ccn2)cc1C. The predicted molar refractivity (Wildman–Crippen MR) is 113 cm³/mol. The molecule has 6 nitrogen and oxygen atoms in total. The van der Waals surface area contributed by atoms with Crippen LogP contribution in [-0.2, 0) is 17.6 Å². The number of carbonyl (C=O) groups is 1. The number of nitrogens with one attached hydrogen (secondary N) is 1. The van der Waals surface area contributed by atoms with Gasteiger partial charge in [-0.15, -0.1) is 0 Å². The zero-order valence-corrected chi connectivity index (χ0v) is 18.2. The van der Waals surface area contributed by atoms with Crippen molar-refractivity contribution < 1.29 is 18.3 Å². The Balaban J connectivity index is 1.78. The van der Waals surface area contributed by atoms with E-state index in [1.165, 1.54) is 10.7 Å². The summed E-state index contributed by atoms with van der Waals surface area (Å²) in [6.45, 7) is 2.04. The van der Waals surface area contributed by atoms with Gasteiger partial charge in [0.15, 0.2) is 0 Å². The van der Waals surface area contributed by atoms with Crippen LogP contribution in [-0.4, -0.2) is 27.7 Å². The van der Waals surface area contributed by atoms with Crippen LogP contribution in [0.25, 0.3) is 11.3 Å². The Morgan fingerprint density at radius 1 is 1.28 bits per heavy atom. The van der Waals surface area contributed by atoms with E-state index in [0.717, 1.165) is 45.0 Å². The number of amides is 1. The van der Waals surface area contributed by atoms with Crippen LogP contribution in [0.3, 0.4) is 0 Å². The predicted octanol–water partition coefficient (Wildman–Crippen LogP) is 4.21. The molecule has 0 aliphatic carbocycles. The van der Waals surface area contributed by atoms with E-state index < -0.39 is 3.93 Å². The first-order valence-corrected chi connectivity index (χ1v) is 9.79. The summed E-state index contributed by atoms with van der Waals surface area (Å²) in [7, 11) is 3.14. The van der Waals surface area contributed by atoms with Crippen molar-refractivity contribution in [2.45, 2.75) is 17.5 Å². The van der Waals surface area contributed by atoms with Gasteiger partial charge in [0.2, 0.25) is 5.88 Å². The van der Waals surface area contributed by atoms with E-state index in [4.69, 9.17) is 4.74 Å². The molecule has 0 aliphatic heterocycles. The summed E-state index contributed by atoms with van der Waals surface area (Å²) >= 11 is 1.04. The molecule has 3 rings (SSSR count). The van der Waals surface area contributed by atoms with E-state index in [9.17, 15) is 13.6 Å². The summed E-state index contributed by atoms with van der Waals surface area (Å²) in [5.74, 6) is 0.109. The number of pyridine rings is 1. The van der Waals surface area contributed by atoms with Gasteiger partial charge in [-0.2, -0.15) is 13.9 Å². The van der Waals surface area contributed by atoms with Gasteiger partial charge in [0.05, 0.1) is 5.69 Å². The molecule has 1 N–H and O–H groups in total. The fourth-order valence-electron chi connectivity index (χ4n) is 2.82. The van der Waals surface area contributed by atoms with E-state index in [-0.39, 0.29) is 24.1 Å². The summed E-state index contributed by atoms with van der Waals surface area (Å²) in [5.41, 5.74) is 3.51. The molecular formula is C20H19F2IN4O2. The van der Waals surface area contributed by atoms with E-state index >= 15 is 0 Å². The number of carbonyl (C=O) groups excluding carboxylic acids is 1. The van der Waals surface area contributed by atoms with Gasteiger partial charge in [0, 0.05) is 60.1 Å². The maximum atomic E-state index is 13.4. The van der Waals surface area contributed by atoms with Gasteiger partial charge < -0.3 is 10.1 Å². The van der Waals surface area contributed by atoms with Crippen molar-refractivity contribution in [1.82, 2.24) is 20.1 Å². The monoisotopic (exact) mass is 512 g/mol. The van der Waals surface area contributed by atoms with Gasteiger partial charge >= 0.3 is 3.93 Å². The Hall–Kier alpha value is -2.56. The van der Waals surface area contributed by atoms with Crippen LogP contribution in [0, 0.1) is 6.92 Å². The minimum atomic E-state index is -3.06. The largest absolute Gasteiger partial charge is 0.473 e. The topological polar surface area (TPSA) is 69.0 Å². The summed E-state index contributed by atoms with van der Waals surface area (Å²) in [6, 6.07) is 10.4. The molecule has 0 unspecified atom stereocenters. The average Bonchev–Trinajstić information content (AvgIpc) is 3.07. The molecule has 3 aromatic rings. The molecule has 0 spiro atoms. The first-order chi connectivity index (χ1) is 13.7. The first kappa shape index (κ1) is 21.2. The third-order valence-corrected chi connectivity index (χ3v) is 4.88. The molecule has 0 fully saturated rings. The molecule has 0 saturated heterocycles. The third-order valence-electron chi connectivity index (χ3n) is 4.33. The first-order valence-electron chi connectivity index (χ1n) is 8.71. The molecule has 0 aliphatic rings. The van der Waals surface area contributed by atoms with Crippen molar-refractivity contribution in [2.75, 3.05) is 7.05 Å². The molecule has 9 heteroatoms. The van der Waals surface area contributed by atoms with Crippen molar-refractivity contribution in [3.05, 3.63) is 65.0 Å². The number of ether oxygens (including phenoxy) is 1. The molecule has 29 heavy (non-hydrogen) atoms. The van der Waals surface area contributed by atoms with E-state index in [1.54, 1.807) is 32.4 Å². The standard InChI is InChI=1S/C20H19F2IN4O2/c1-12-8-14(4-5-15(12)19(28)24-2)16-9-13(6-7-25-16)11-29-18-10-17(20(21,22)23)26-27(18)3/h4-10H,11H2,1-3H3,(H,24,28). The lowest BCUT2D eigenvalue weighted by molar-refractivity contribution is 0.0962. The van der Waals surface area contributed by atoms with Crippen molar-refractivity contribution in [3.8, 4) is 17.1 Å². The molecular weight excluding hydrogens is 493 g/mol. The number of nitrogens with zero attached hydrogens (tertiary/aromatic N) is 3. The molecule has 0 saturated carbocycles. The highest BCUT2D eigenvalue weighted by molar-refractivity contribution is 14.1. The van der Waals surface area contributed by atoms with Crippen LogP contribution in [0.15, 0.2) is 42.6 Å². The molecule has 152 valence electrons. The number of aryl methyl sites for hydroxylation is 2. The molecule has 1 aromatic carbocycles. The maximum Gasteiger partial charge on any atom is 0.339 e. The highest BCUT2D eigenvalue weighted by Crippen LogP contribution is 2.35. The van der Waals surface area contributed by atoms with E-state index in [2.05, 4.69) is 15.4 Å². The number of benzene rings is 1. The zero-order chi connectivity index (χ0) is 21.2. The molecule has 1 amide bonds. The molecule has 0 radical (unpaired) electrons. The number of hydrogen-bond acceptors (Lipinski definition) is 4. The van der Waals surface area contributed by atoms with Crippen molar-refractivity contribution in [3.63, 3.8) is 0 Å². The van der Waals surface area contributed by atoms with Gasteiger partial charge in [-0.25, -0.2) is 4.68 Å². The number of rotatable bonds is 6. The van der Waals surface area contributed by atoms with Gasteiger partial charge in [-0.05, 0) is 42.3 Å². The van der Waals surface area contributed by atoms with Gasteiger partial charge in [-0.3, -0.25) is 9.78 Å². The minimum Gasteiger partial charge on any atom is -0.473 e. The zero-order valence-electron chi connectivity index (χ0n) is 16.0. The number of aromatic nitrogens is 3. The summed E-state index contributed by atoms with van der Waals surface area (Å²) < 4.78 is 30.7. The second-order valence-corrected chi connectivity index (χ2v) is 7.79. The fourth-order valence-corrected chi connectivity index (χ4v) is 3.08. The summed E-state index contributed by atoms with van der Waals surface area (Å²) in [6.07, 6.45) is 1.66. The van der Waals surface area contributed by atoms with E-state index in [0.29, 0.717) is 5.56 Å².